The zero-order valence-electron chi connectivity index (χ0n) is 48.4. The van der Waals surface area contributed by atoms with E-state index in [0.29, 0.717) is 50.5 Å². The van der Waals surface area contributed by atoms with Crippen molar-refractivity contribution >= 4 is 11.8 Å². The highest BCUT2D eigenvalue weighted by Crippen LogP contribution is 2.76. The summed E-state index contributed by atoms with van der Waals surface area (Å²) in [6.07, 6.45) is -28.9. The van der Waals surface area contributed by atoms with Crippen LogP contribution in [0.1, 0.15) is 114 Å². The number of aliphatic hydroxyl groups excluding tert-OH is 13. The number of aliphatic hydroxyl groups is 13. The van der Waals surface area contributed by atoms with E-state index < -0.39 is 177 Å². The van der Waals surface area contributed by atoms with Gasteiger partial charge < -0.3 is 109 Å². The fourth-order valence-corrected chi connectivity index (χ4v) is 17.4. The minimum atomic E-state index is -2.22. The van der Waals surface area contributed by atoms with Crippen LogP contribution >= 0.6 is 0 Å². The van der Waals surface area contributed by atoms with E-state index in [1.54, 1.807) is 13.0 Å². The van der Waals surface area contributed by atoms with E-state index in [0.717, 1.165) is 6.42 Å². The van der Waals surface area contributed by atoms with Crippen molar-refractivity contribution in [3.63, 3.8) is 0 Å². The number of rotatable bonds is 14. The summed E-state index contributed by atoms with van der Waals surface area (Å²) in [6.45, 7) is 16.3. The Hall–Kier alpha value is -2.22. The van der Waals surface area contributed by atoms with Gasteiger partial charge in [0.15, 0.2) is 37.0 Å². The molecule has 0 aromatic carbocycles. The van der Waals surface area contributed by atoms with Gasteiger partial charge in [-0.25, -0.2) is 4.79 Å². The van der Waals surface area contributed by atoms with Crippen LogP contribution in [-0.2, 0) is 47.5 Å². The molecule has 29 unspecified atom stereocenters. The Morgan fingerprint density at radius 3 is 1.79 bits per heavy atom. The molecule has 4 saturated carbocycles. The molecular weight excluding hydrogens is 1080 g/mol. The predicted octanol–water partition coefficient (Wildman–Crippen LogP) is -1.10. The zero-order valence-corrected chi connectivity index (χ0v) is 48.4. The van der Waals surface area contributed by atoms with Gasteiger partial charge in [-0.05, 0) is 116 Å². The predicted molar refractivity (Wildman–Crippen MR) is 282 cm³/mol. The summed E-state index contributed by atoms with van der Waals surface area (Å²) < 4.78 is 48.8. The highest BCUT2D eigenvalue weighted by atomic mass is 16.8. The first-order chi connectivity index (χ1) is 38.3. The lowest BCUT2D eigenvalue weighted by Crippen LogP contribution is -2.69. The summed E-state index contributed by atoms with van der Waals surface area (Å²) >= 11 is 0. The number of ketones is 1. The van der Waals surface area contributed by atoms with E-state index in [4.69, 9.17) is 37.9 Å². The lowest BCUT2D eigenvalue weighted by atomic mass is 9.32. The maximum Gasteiger partial charge on any atom is 0.335 e. The van der Waals surface area contributed by atoms with Crippen molar-refractivity contribution < 1.29 is 119 Å². The van der Waals surface area contributed by atoms with Gasteiger partial charge in [-0.2, -0.15) is 0 Å². The van der Waals surface area contributed by atoms with Crippen LogP contribution in [0.25, 0.3) is 0 Å². The Bertz CT molecular complexity index is 2370. The van der Waals surface area contributed by atoms with Crippen molar-refractivity contribution in [3.05, 3.63) is 23.3 Å². The molecule has 9 rings (SSSR count). The number of carboxylic acids is 1. The fraction of sp³-hybridized carbons (Fsp3) is 0.897. The number of aliphatic carboxylic acids is 1. The van der Waals surface area contributed by atoms with Crippen molar-refractivity contribution in [1.82, 2.24) is 0 Å². The van der Waals surface area contributed by atoms with Gasteiger partial charge in [0.05, 0.1) is 38.6 Å². The molecule has 0 spiro atoms. The van der Waals surface area contributed by atoms with Crippen molar-refractivity contribution in [2.75, 3.05) is 26.4 Å². The molecule has 4 aliphatic heterocycles. The van der Waals surface area contributed by atoms with Crippen LogP contribution in [0, 0.1) is 56.2 Å². The number of carbonyl (C=O) groups is 2. The van der Waals surface area contributed by atoms with Gasteiger partial charge in [0.1, 0.15) is 85.5 Å². The third-order valence-electron chi connectivity index (χ3n) is 22.3. The SMILES string of the molecule is CC=C(C)C(=O)C1CC(C)(C)CC2C3=CCC4C5(C)CCC(OC6OC(C(=O)O)C(O)C(OC7OCC(O)C(O)C7OC7OC(CO)C(O)C(O)C7O)C6OC6OC(CO)C(O)C(O)C6O)C(C)(C)C5CCC4(C)C3(C)CC(O)C12CO. The summed E-state index contributed by atoms with van der Waals surface area (Å²) in [6, 6.07) is 0. The minimum absolute atomic E-state index is 0.0398. The third-order valence-corrected chi connectivity index (χ3v) is 22.3. The molecule has 14 N–H and O–H groups in total. The molecule has 24 nitrogen and oxygen atoms in total. The van der Waals surface area contributed by atoms with Crippen LogP contribution < -0.4 is 0 Å². The summed E-state index contributed by atoms with van der Waals surface area (Å²) in [7, 11) is 0. The smallest absolute Gasteiger partial charge is 0.335 e. The van der Waals surface area contributed by atoms with E-state index in [-0.39, 0.29) is 46.4 Å². The van der Waals surface area contributed by atoms with Crippen LogP contribution in [0.2, 0.25) is 0 Å². The van der Waals surface area contributed by atoms with Crippen LogP contribution in [0.3, 0.4) is 0 Å². The van der Waals surface area contributed by atoms with E-state index in [9.17, 15) is 81.1 Å². The van der Waals surface area contributed by atoms with E-state index in [1.807, 2.05) is 6.92 Å². The molecule has 0 bridgehead atoms. The topological polar surface area (TPSA) is 391 Å². The molecule has 5 aliphatic carbocycles. The lowest BCUT2D eigenvalue weighted by molar-refractivity contribution is -0.401. The van der Waals surface area contributed by atoms with Crippen LogP contribution in [0.5, 0.6) is 0 Å². The fourth-order valence-electron chi connectivity index (χ4n) is 17.4. The molecule has 0 aromatic heterocycles. The number of Topliss-reactive ketones (excluding diaryl/α,β-unsaturated/α-hetero) is 1. The van der Waals surface area contributed by atoms with Gasteiger partial charge in [-0.15, -0.1) is 0 Å². The molecule has 4 heterocycles. The first-order valence-electron chi connectivity index (χ1n) is 29.3. The van der Waals surface area contributed by atoms with Gasteiger partial charge in [-0.3, -0.25) is 4.79 Å². The van der Waals surface area contributed by atoms with Gasteiger partial charge >= 0.3 is 5.97 Å². The summed E-state index contributed by atoms with van der Waals surface area (Å²) in [4.78, 5) is 27.5. The van der Waals surface area contributed by atoms with Crippen molar-refractivity contribution in [2.45, 2.75) is 243 Å². The first-order valence-corrected chi connectivity index (χ1v) is 29.3. The van der Waals surface area contributed by atoms with Gasteiger partial charge in [0.2, 0.25) is 0 Å². The Balaban J connectivity index is 1.04. The van der Waals surface area contributed by atoms with E-state index in [2.05, 4.69) is 54.5 Å². The second-order valence-electron chi connectivity index (χ2n) is 27.5. The molecule has 24 heteroatoms. The number of allylic oxidation sites excluding steroid dienone is 4. The third kappa shape index (κ3) is 10.3. The molecule has 0 aromatic rings. The molecule has 29 atom stereocenters. The lowest BCUT2D eigenvalue weighted by Gasteiger charge is -2.72. The van der Waals surface area contributed by atoms with Crippen molar-refractivity contribution in [3.8, 4) is 0 Å². The molecule has 468 valence electrons. The van der Waals surface area contributed by atoms with Crippen LogP contribution in [0.15, 0.2) is 23.3 Å². The molecule has 4 saturated heterocycles. The number of carboxylic acid groups (broad SMARTS) is 1. The summed E-state index contributed by atoms with van der Waals surface area (Å²) in [5, 5.41) is 154. The maximum atomic E-state index is 14.3. The largest absolute Gasteiger partial charge is 0.479 e. The highest BCUT2D eigenvalue weighted by Gasteiger charge is 2.72. The number of hydrogen-bond donors (Lipinski definition) is 14. The summed E-state index contributed by atoms with van der Waals surface area (Å²) in [5.41, 5.74) is -1.52. The second kappa shape index (κ2) is 23.4. The van der Waals surface area contributed by atoms with E-state index in [1.165, 1.54) is 5.57 Å². The highest BCUT2D eigenvalue weighted by molar-refractivity contribution is 5.97. The van der Waals surface area contributed by atoms with Gasteiger partial charge in [-0.1, -0.05) is 66.2 Å². The van der Waals surface area contributed by atoms with Crippen molar-refractivity contribution in [2.24, 2.45) is 56.2 Å². The number of carbonyl (C=O) groups excluding carboxylic acids is 1. The molecule has 8 fully saturated rings. The maximum absolute atomic E-state index is 14.3. The average molecular weight is 1170 g/mol. The second-order valence-corrected chi connectivity index (χ2v) is 27.5. The van der Waals surface area contributed by atoms with Gasteiger partial charge in [0.25, 0.3) is 0 Å². The number of ether oxygens (including phenoxy) is 8. The molecule has 82 heavy (non-hydrogen) atoms. The Labute approximate surface area is 477 Å². The standard InChI is InChI=1S/C58H92O24/c1-10-24(2)35(64)27-18-53(3,4)17-26-25-11-12-32-55(7)15-14-34(54(5,6)31(55)13-16-56(32,8)57(25,9)19-33(63)58(26,27)23-61)78-52-47(82-50-42(71)40(69)38(67)30(21-60)77-50)44(43(72)45(80-52)48(73)74)79-51-46(36(65)28(62)22-75-51)81-49-41(70)39(68)37(66)29(20-59)76-49/h10-11,26-34,36-47,49-52,59-63,65-72H,12-23H2,1-9H3,(H,73,74). The Morgan fingerprint density at radius 2 is 1.23 bits per heavy atom. The number of hydrogen-bond acceptors (Lipinski definition) is 23. The Kier molecular flexibility index (Phi) is 18.3. The monoisotopic (exact) mass is 1170 g/mol. The first kappa shape index (κ1) is 64.3. The van der Waals surface area contributed by atoms with Crippen LogP contribution in [-0.4, -0.2) is 239 Å². The average Bonchev–Trinajstić information content (AvgIpc) is 0.794. The normalized spacial score (nSPS) is 52.0. The Morgan fingerprint density at radius 1 is 0.646 bits per heavy atom. The van der Waals surface area contributed by atoms with Gasteiger partial charge in [0, 0.05) is 11.3 Å². The molecule has 9 aliphatic rings. The zero-order chi connectivity index (χ0) is 60.3. The van der Waals surface area contributed by atoms with Crippen LogP contribution in [0.4, 0.5) is 0 Å². The molecule has 0 amide bonds. The number of fused-ring (bicyclic) bond motifs is 7. The minimum Gasteiger partial charge on any atom is -0.479 e. The van der Waals surface area contributed by atoms with Crippen molar-refractivity contribution in [1.29, 1.82) is 0 Å². The molecule has 0 radical (unpaired) electrons. The summed E-state index contributed by atoms with van der Waals surface area (Å²) in [5.74, 6) is -2.56. The van der Waals surface area contributed by atoms with E-state index >= 15 is 0 Å². The quantitative estimate of drug-likeness (QED) is 0.0558. The molecular formula is C58H92O24.